The first-order valence-corrected chi connectivity index (χ1v) is 29.9. The van der Waals surface area contributed by atoms with Crippen molar-refractivity contribution < 1.29 is 50.0 Å². The van der Waals surface area contributed by atoms with Crippen LogP contribution in [-0.2, 0) is 14.3 Å². The molecule has 0 aliphatic carbocycles. The molecule has 0 spiro atoms. The molecule has 9 atom stereocenters. The molecule has 0 aromatic heterocycles. The summed E-state index contributed by atoms with van der Waals surface area (Å²) in [5, 5.41) is 76.0. The zero-order valence-electron chi connectivity index (χ0n) is 45.1. The number of carbonyl (C=O) groups excluding carboxylic acids is 1. The van der Waals surface area contributed by atoms with Gasteiger partial charge in [-0.2, -0.15) is 0 Å². The third-order valence-electron chi connectivity index (χ3n) is 14.9. The monoisotopic (exact) mass is 986 g/mol. The summed E-state index contributed by atoms with van der Waals surface area (Å²) in [6, 6.07) is -1.16. The predicted octanol–water partition coefficient (Wildman–Crippen LogP) is 12.6. The zero-order chi connectivity index (χ0) is 50.4. The third kappa shape index (κ3) is 36.6. The Kier molecular flexibility index (Phi) is 46.1. The van der Waals surface area contributed by atoms with Gasteiger partial charge in [-0.25, -0.2) is 0 Å². The van der Waals surface area contributed by atoms with E-state index in [1.165, 1.54) is 218 Å². The van der Waals surface area contributed by atoms with Crippen LogP contribution in [0.25, 0.3) is 0 Å². The first-order valence-electron chi connectivity index (χ1n) is 29.9. The van der Waals surface area contributed by atoms with Gasteiger partial charge in [-0.3, -0.25) is 4.79 Å². The Labute approximate surface area is 424 Å². The van der Waals surface area contributed by atoms with Crippen molar-refractivity contribution in [3.63, 3.8) is 0 Å². The SMILES string of the molecule is CCCCCCCCCCCCCCCCCCCCCCCCCCCCCCCCCC(O)C(O)C(COC1OC(CO)C(O)C(O)C1O)NC(=O)C(O)CCCCCCCCCCCCC. The molecule has 0 bridgehead atoms. The third-order valence-corrected chi connectivity index (χ3v) is 14.9. The van der Waals surface area contributed by atoms with Gasteiger partial charge in [0.25, 0.3) is 0 Å². The van der Waals surface area contributed by atoms with Crippen LogP contribution in [0.15, 0.2) is 0 Å². The molecule has 1 saturated heterocycles. The minimum absolute atomic E-state index is 0.265. The van der Waals surface area contributed by atoms with Crippen LogP contribution >= 0.6 is 0 Å². The first-order chi connectivity index (χ1) is 33.7. The highest BCUT2D eigenvalue weighted by atomic mass is 16.7. The zero-order valence-corrected chi connectivity index (χ0v) is 45.1. The van der Waals surface area contributed by atoms with Crippen molar-refractivity contribution in [1.82, 2.24) is 5.32 Å². The molecule has 11 nitrogen and oxygen atoms in total. The fourth-order valence-electron chi connectivity index (χ4n) is 10.0. The molecule has 1 heterocycles. The predicted molar refractivity (Wildman–Crippen MR) is 284 cm³/mol. The number of rotatable bonds is 52. The minimum atomic E-state index is -1.66. The molecule has 1 fully saturated rings. The van der Waals surface area contributed by atoms with E-state index in [0.29, 0.717) is 19.3 Å². The van der Waals surface area contributed by atoms with Crippen molar-refractivity contribution in [2.75, 3.05) is 13.2 Å². The lowest BCUT2D eigenvalue weighted by molar-refractivity contribution is -0.303. The van der Waals surface area contributed by atoms with Gasteiger partial charge in [0.2, 0.25) is 5.91 Å². The van der Waals surface area contributed by atoms with E-state index in [1.807, 2.05) is 0 Å². The van der Waals surface area contributed by atoms with Gasteiger partial charge in [-0.15, -0.1) is 0 Å². The number of ether oxygens (including phenoxy) is 2. The smallest absolute Gasteiger partial charge is 0.249 e. The highest BCUT2D eigenvalue weighted by molar-refractivity contribution is 5.80. The number of amides is 1. The van der Waals surface area contributed by atoms with Crippen LogP contribution in [0.1, 0.15) is 296 Å². The van der Waals surface area contributed by atoms with Crippen molar-refractivity contribution in [2.24, 2.45) is 0 Å². The number of aliphatic hydroxyl groups excluding tert-OH is 7. The fourth-order valence-corrected chi connectivity index (χ4v) is 10.0. The molecule has 8 N–H and O–H groups in total. The summed E-state index contributed by atoms with van der Waals surface area (Å²) in [6.45, 7) is 3.47. The van der Waals surface area contributed by atoms with Crippen LogP contribution in [0.4, 0.5) is 0 Å². The molecule has 11 heteroatoms. The van der Waals surface area contributed by atoms with E-state index in [4.69, 9.17) is 9.47 Å². The van der Waals surface area contributed by atoms with Crippen molar-refractivity contribution in [3.05, 3.63) is 0 Å². The second-order valence-corrected chi connectivity index (χ2v) is 21.4. The standard InChI is InChI=1S/C58H115NO10/c1-3-5-7-9-11-13-15-16-17-18-19-20-21-22-23-24-25-26-27-28-29-30-31-32-33-34-36-37-39-41-43-45-50(61)53(63)49(48-68-58-56(66)55(65)54(64)52(47-60)69-58)59-57(67)51(62)46-44-42-40-38-35-14-12-10-8-6-4-2/h49-56,58,60-66H,3-48H2,1-2H3,(H,59,67). The average Bonchev–Trinajstić information content (AvgIpc) is 3.35. The maximum atomic E-state index is 13.1. The lowest BCUT2D eigenvalue weighted by atomic mass is 9.98. The molecule has 69 heavy (non-hydrogen) atoms. The Hall–Kier alpha value is -0.890. The Morgan fingerprint density at radius 2 is 0.754 bits per heavy atom. The Balaban J connectivity index is 2.17. The lowest BCUT2D eigenvalue weighted by Gasteiger charge is -2.40. The van der Waals surface area contributed by atoms with Gasteiger partial charge in [-0.1, -0.05) is 284 Å². The second-order valence-electron chi connectivity index (χ2n) is 21.4. The van der Waals surface area contributed by atoms with E-state index >= 15 is 0 Å². The maximum absolute atomic E-state index is 13.1. The fraction of sp³-hybridized carbons (Fsp3) is 0.983. The van der Waals surface area contributed by atoms with Crippen LogP contribution in [0.5, 0.6) is 0 Å². The normalized spacial score (nSPS) is 20.3. The molecular weight excluding hydrogens is 871 g/mol. The Morgan fingerprint density at radius 3 is 1.07 bits per heavy atom. The molecule has 1 aliphatic heterocycles. The molecule has 0 radical (unpaired) electrons. The van der Waals surface area contributed by atoms with Crippen LogP contribution in [-0.4, -0.2) is 110 Å². The van der Waals surface area contributed by atoms with E-state index in [0.717, 1.165) is 38.5 Å². The number of carbonyl (C=O) groups is 1. The lowest BCUT2D eigenvalue weighted by Crippen LogP contribution is -2.60. The van der Waals surface area contributed by atoms with E-state index < -0.39 is 74.2 Å². The van der Waals surface area contributed by atoms with Crippen LogP contribution in [0.2, 0.25) is 0 Å². The van der Waals surface area contributed by atoms with Crippen LogP contribution in [0, 0.1) is 0 Å². The summed E-state index contributed by atoms with van der Waals surface area (Å²) in [5.41, 5.74) is 0. The molecule has 0 saturated carbocycles. The maximum Gasteiger partial charge on any atom is 0.249 e. The Bertz CT molecular complexity index is 1090. The summed E-state index contributed by atoms with van der Waals surface area (Å²) in [6.07, 6.45) is 43.3. The van der Waals surface area contributed by atoms with Gasteiger partial charge < -0.3 is 50.5 Å². The molecule has 0 aromatic rings. The summed E-state index contributed by atoms with van der Waals surface area (Å²) < 4.78 is 11.1. The summed E-state index contributed by atoms with van der Waals surface area (Å²) in [7, 11) is 0. The van der Waals surface area contributed by atoms with E-state index in [1.54, 1.807) is 0 Å². The number of hydrogen-bond acceptors (Lipinski definition) is 10. The molecule has 412 valence electrons. The molecular formula is C58H115NO10. The summed E-state index contributed by atoms with van der Waals surface area (Å²) in [4.78, 5) is 13.1. The Morgan fingerprint density at radius 1 is 0.449 bits per heavy atom. The minimum Gasteiger partial charge on any atom is -0.394 e. The van der Waals surface area contributed by atoms with Crippen molar-refractivity contribution in [3.8, 4) is 0 Å². The van der Waals surface area contributed by atoms with Gasteiger partial charge in [0, 0.05) is 0 Å². The van der Waals surface area contributed by atoms with E-state index in [9.17, 15) is 40.5 Å². The van der Waals surface area contributed by atoms with Crippen LogP contribution < -0.4 is 5.32 Å². The van der Waals surface area contributed by atoms with Crippen molar-refractivity contribution in [2.45, 2.75) is 351 Å². The topological polar surface area (TPSA) is 189 Å². The highest BCUT2D eigenvalue weighted by Gasteiger charge is 2.44. The van der Waals surface area contributed by atoms with Crippen LogP contribution in [0.3, 0.4) is 0 Å². The van der Waals surface area contributed by atoms with Gasteiger partial charge >= 0.3 is 0 Å². The summed E-state index contributed by atoms with van der Waals surface area (Å²) in [5.74, 6) is -0.693. The first kappa shape index (κ1) is 66.1. The quantitative estimate of drug-likeness (QED) is 0.0272. The van der Waals surface area contributed by atoms with E-state index in [2.05, 4.69) is 19.2 Å². The van der Waals surface area contributed by atoms with Gasteiger partial charge in [0.1, 0.15) is 36.6 Å². The number of unbranched alkanes of at least 4 members (excludes halogenated alkanes) is 40. The van der Waals surface area contributed by atoms with Gasteiger partial charge in [0.05, 0.1) is 25.4 Å². The second kappa shape index (κ2) is 48.1. The number of hydrogen-bond donors (Lipinski definition) is 8. The molecule has 9 unspecified atom stereocenters. The van der Waals surface area contributed by atoms with E-state index in [-0.39, 0.29) is 6.42 Å². The summed E-state index contributed by atoms with van der Waals surface area (Å²) >= 11 is 0. The largest absolute Gasteiger partial charge is 0.394 e. The number of aliphatic hydroxyl groups is 7. The molecule has 1 rings (SSSR count). The molecule has 1 aliphatic rings. The molecule has 0 aromatic carbocycles. The van der Waals surface area contributed by atoms with Gasteiger partial charge in [0.15, 0.2) is 6.29 Å². The highest BCUT2D eigenvalue weighted by Crippen LogP contribution is 2.24. The van der Waals surface area contributed by atoms with Crippen molar-refractivity contribution >= 4 is 5.91 Å². The van der Waals surface area contributed by atoms with Crippen molar-refractivity contribution in [1.29, 1.82) is 0 Å². The number of nitrogens with one attached hydrogen (secondary N) is 1. The molecule has 1 amide bonds. The average molecular weight is 987 g/mol. The van der Waals surface area contributed by atoms with Gasteiger partial charge in [-0.05, 0) is 12.8 Å².